The summed E-state index contributed by atoms with van der Waals surface area (Å²) in [6.07, 6.45) is 9.71. The van der Waals surface area contributed by atoms with Gasteiger partial charge < -0.3 is 29.5 Å². The Morgan fingerprint density at radius 3 is 2.54 bits per heavy atom. The molecule has 0 aromatic heterocycles. The van der Waals surface area contributed by atoms with Gasteiger partial charge in [-0.1, -0.05) is 50.5 Å². The second-order valence-electron chi connectivity index (χ2n) is 9.17. The molecule has 1 rings (SSSR count). The maximum Gasteiger partial charge on any atom is 0.469 e. The van der Waals surface area contributed by atoms with Crippen molar-refractivity contribution in [3.8, 4) is 0 Å². The van der Waals surface area contributed by atoms with E-state index in [9.17, 15) is 29.2 Å². The summed E-state index contributed by atoms with van der Waals surface area (Å²) in [4.78, 5) is 53.0. The highest BCUT2D eigenvalue weighted by molar-refractivity contribution is 7.46. The standard InChI is InChI=1S/C25H41O11P/c1-3-4-7-10-19(27)13-14-22-21(23(28)15-24(22)29)11-8-5-6-9-12-25(30)36-20(16-34-18(2)26)17-35-37(31,32)33/h5,8,13-14,19-22,24,27,29H,3-4,6-7,9-12,15-17H2,1-2H3,(H2,31,32,33)/b8-5-,14-13+/t19-,20+,21+,22+,24+/m0/s1. The third kappa shape index (κ3) is 15.2. The fraction of sp³-hybridized carbons (Fsp3) is 0.720. The maximum absolute atomic E-state index is 12.3. The summed E-state index contributed by atoms with van der Waals surface area (Å²) in [6.45, 7) is 2.21. The van der Waals surface area contributed by atoms with E-state index in [2.05, 4.69) is 11.4 Å². The number of phosphoric ester groups is 1. The van der Waals surface area contributed by atoms with Gasteiger partial charge >= 0.3 is 19.8 Å². The van der Waals surface area contributed by atoms with Crippen LogP contribution in [0.2, 0.25) is 0 Å². The Bertz CT molecular complexity index is 819. The van der Waals surface area contributed by atoms with E-state index in [0.717, 1.165) is 26.2 Å². The van der Waals surface area contributed by atoms with Gasteiger partial charge in [0.05, 0.1) is 18.8 Å². The summed E-state index contributed by atoms with van der Waals surface area (Å²) in [5, 5.41) is 20.4. The number of hydrogen-bond donors (Lipinski definition) is 4. The number of aliphatic hydroxyl groups is 2. The Labute approximate surface area is 218 Å². The molecule has 0 saturated heterocycles. The maximum atomic E-state index is 12.3. The van der Waals surface area contributed by atoms with Gasteiger partial charge in [0, 0.05) is 31.6 Å². The lowest BCUT2D eigenvalue weighted by Crippen LogP contribution is -2.29. The molecule has 1 saturated carbocycles. The molecule has 212 valence electrons. The van der Waals surface area contributed by atoms with E-state index in [1.807, 2.05) is 12.2 Å². The molecule has 1 aliphatic rings. The van der Waals surface area contributed by atoms with Gasteiger partial charge in [-0.2, -0.15) is 0 Å². The van der Waals surface area contributed by atoms with Crippen LogP contribution in [0.15, 0.2) is 24.3 Å². The van der Waals surface area contributed by atoms with Crippen LogP contribution in [0.1, 0.15) is 71.6 Å². The molecule has 0 bridgehead atoms. The highest BCUT2D eigenvalue weighted by Crippen LogP contribution is 2.36. The molecule has 4 N–H and O–H groups in total. The Morgan fingerprint density at radius 1 is 1.16 bits per heavy atom. The highest BCUT2D eigenvalue weighted by Gasteiger charge is 2.39. The summed E-state index contributed by atoms with van der Waals surface area (Å²) in [5.74, 6) is -2.02. The fourth-order valence-electron chi connectivity index (χ4n) is 3.96. The second kappa shape index (κ2) is 17.6. The topological polar surface area (TPSA) is 177 Å². The number of aliphatic hydroxyl groups excluding tert-OH is 2. The zero-order valence-electron chi connectivity index (χ0n) is 21.6. The van der Waals surface area contributed by atoms with E-state index in [1.165, 1.54) is 0 Å². The number of Topliss-reactive ketones (excluding diaryl/α,β-unsaturated/α-hetero) is 1. The van der Waals surface area contributed by atoms with Crippen molar-refractivity contribution in [3.63, 3.8) is 0 Å². The van der Waals surface area contributed by atoms with Crippen molar-refractivity contribution < 1.29 is 52.9 Å². The largest absolute Gasteiger partial charge is 0.469 e. The SMILES string of the molecule is CCCCC[C@H](O)/C=C/[C@H]1[C@H](O)CC(=O)[C@@H]1C/C=C\CCCC(=O)O[C@H](COC(C)=O)COP(=O)(O)O. The van der Waals surface area contributed by atoms with Gasteiger partial charge in [-0.25, -0.2) is 4.57 Å². The summed E-state index contributed by atoms with van der Waals surface area (Å²) < 4.78 is 25.0. The van der Waals surface area contributed by atoms with Gasteiger partial charge in [-0.3, -0.25) is 18.9 Å². The van der Waals surface area contributed by atoms with Crippen molar-refractivity contribution in [1.29, 1.82) is 0 Å². The first-order valence-corrected chi connectivity index (χ1v) is 14.2. The zero-order valence-corrected chi connectivity index (χ0v) is 22.5. The molecule has 1 aliphatic carbocycles. The van der Waals surface area contributed by atoms with Crippen LogP contribution in [0.3, 0.4) is 0 Å². The van der Waals surface area contributed by atoms with Crippen LogP contribution in [-0.2, 0) is 32.9 Å². The van der Waals surface area contributed by atoms with Crippen LogP contribution in [0.25, 0.3) is 0 Å². The van der Waals surface area contributed by atoms with E-state index in [0.29, 0.717) is 25.7 Å². The van der Waals surface area contributed by atoms with Gasteiger partial charge in [0.15, 0.2) is 6.10 Å². The molecule has 0 amide bonds. The van der Waals surface area contributed by atoms with E-state index in [-0.39, 0.29) is 30.5 Å². The molecule has 0 heterocycles. The highest BCUT2D eigenvalue weighted by atomic mass is 31.2. The number of ether oxygens (including phenoxy) is 2. The third-order valence-electron chi connectivity index (χ3n) is 5.90. The molecule has 12 heteroatoms. The zero-order chi connectivity index (χ0) is 27.8. The summed E-state index contributed by atoms with van der Waals surface area (Å²) in [6, 6.07) is 0. The van der Waals surface area contributed by atoms with Crippen molar-refractivity contribution in [2.75, 3.05) is 13.2 Å². The molecular weight excluding hydrogens is 507 g/mol. The Balaban J connectivity index is 2.46. The van der Waals surface area contributed by atoms with E-state index >= 15 is 0 Å². The van der Waals surface area contributed by atoms with Crippen LogP contribution in [0, 0.1) is 11.8 Å². The smallest absolute Gasteiger partial charge is 0.462 e. The Morgan fingerprint density at radius 2 is 1.89 bits per heavy atom. The monoisotopic (exact) mass is 548 g/mol. The minimum Gasteiger partial charge on any atom is -0.462 e. The molecular formula is C25H41O11P. The minimum atomic E-state index is -4.78. The molecule has 37 heavy (non-hydrogen) atoms. The first-order valence-electron chi connectivity index (χ1n) is 12.7. The average Bonchev–Trinajstić information content (AvgIpc) is 3.07. The lowest BCUT2D eigenvalue weighted by Gasteiger charge is -2.18. The van der Waals surface area contributed by atoms with Gasteiger partial charge in [-0.15, -0.1) is 0 Å². The molecule has 0 aromatic carbocycles. The Kier molecular flexibility index (Phi) is 15.8. The normalized spacial score (nSPS) is 22.0. The molecule has 0 spiro atoms. The number of carbonyl (C=O) groups excluding carboxylic acids is 3. The number of rotatable bonds is 18. The van der Waals surface area contributed by atoms with Crippen LogP contribution in [-0.4, -0.2) is 69.2 Å². The second-order valence-corrected chi connectivity index (χ2v) is 10.4. The number of carbonyl (C=O) groups is 3. The number of hydrogen-bond acceptors (Lipinski definition) is 9. The lowest BCUT2D eigenvalue weighted by atomic mass is 9.90. The third-order valence-corrected chi connectivity index (χ3v) is 6.38. The first-order chi connectivity index (χ1) is 17.4. The van der Waals surface area contributed by atoms with Gasteiger partial charge in [-0.05, 0) is 25.7 Å². The number of phosphoric acid groups is 1. The van der Waals surface area contributed by atoms with Crippen molar-refractivity contribution in [2.24, 2.45) is 11.8 Å². The van der Waals surface area contributed by atoms with Crippen LogP contribution in [0.4, 0.5) is 0 Å². The number of esters is 2. The first kappa shape index (κ1) is 33.1. The fourth-order valence-corrected chi connectivity index (χ4v) is 4.32. The summed E-state index contributed by atoms with van der Waals surface area (Å²) in [7, 11) is -4.78. The predicted molar refractivity (Wildman–Crippen MR) is 134 cm³/mol. The van der Waals surface area contributed by atoms with E-state index in [1.54, 1.807) is 12.2 Å². The van der Waals surface area contributed by atoms with Crippen molar-refractivity contribution in [2.45, 2.75) is 89.9 Å². The van der Waals surface area contributed by atoms with Crippen molar-refractivity contribution in [1.82, 2.24) is 0 Å². The number of allylic oxidation sites excluding steroid dienone is 2. The van der Waals surface area contributed by atoms with Crippen molar-refractivity contribution in [3.05, 3.63) is 24.3 Å². The average molecular weight is 549 g/mol. The van der Waals surface area contributed by atoms with E-state index < -0.39 is 51.3 Å². The van der Waals surface area contributed by atoms with E-state index in [4.69, 9.17) is 19.3 Å². The molecule has 0 unspecified atom stereocenters. The molecule has 0 aromatic rings. The number of unbranched alkanes of at least 4 members (excludes halogenated alkanes) is 3. The van der Waals surface area contributed by atoms with Crippen molar-refractivity contribution >= 4 is 25.5 Å². The van der Waals surface area contributed by atoms with Crippen LogP contribution >= 0.6 is 7.82 Å². The molecule has 0 aliphatic heterocycles. The number of ketones is 1. The molecule has 0 radical (unpaired) electrons. The molecule has 11 nitrogen and oxygen atoms in total. The summed E-state index contributed by atoms with van der Waals surface area (Å²) in [5.41, 5.74) is 0. The lowest BCUT2D eigenvalue weighted by molar-refractivity contribution is -0.160. The molecule has 5 atom stereocenters. The quantitative estimate of drug-likeness (QED) is 0.0857. The predicted octanol–water partition coefficient (Wildman–Crippen LogP) is 2.75. The minimum absolute atomic E-state index is 0.0131. The van der Waals surface area contributed by atoms with Gasteiger partial charge in [0.1, 0.15) is 12.4 Å². The molecule has 1 fully saturated rings. The van der Waals surface area contributed by atoms with Crippen LogP contribution < -0.4 is 0 Å². The van der Waals surface area contributed by atoms with Gasteiger partial charge in [0.2, 0.25) is 0 Å². The Hall–Kier alpha value is -1.88. The summed E-state index contributed by atoms with van der Waals surface area (Å²) >= 11 is 0. The van der Waals surface area contributed by atoms with Gasteiger partial charge in [0.25, 0.3) is 0 Å². The van der Waals surface area contributed by atoms with Crippen LogP contribution in [0.5, 0.6) is 0 Å².